The number of methoxy groups -OCH3 is 1. The molecule has 412 valence electrons. The van der Waals surface area contributed by atoms with Crippen LogP contribution in [0.2, 0.25) is 0 Å². The summed E-state index contributed by atoms with van der Waals surface area (Å²) in [6.07, 6.45) is -4.15. The fourth-order valence-electron chi connectivity index (χ4n) is 10.5. The van der Waals surface area contributed by atoms with Crippen LogP contribution in [-0.2, 0) is 58.9 Å². The van der Waals surface area contributed by atoms with Crippen molar-refractivity contribution < 1.29 is 72.4 Å². The number of hydrogen-bond donors (Lipinski definition) is 4. The van der Waals surface area contributed by atoms with E-state index in [0.29, 0.717) is 18.7 Å². The van der Waals surface area contributed by atoms with E-state index in [1.807, 2.05) is 63.2 Å². The normalized spacial score (nSPS) is 37.9. The molecule has 3 aliphatic rings. The molecule has 1 amide bonds. The zero-order valence-corrected chi connectivity index (χ0v) is 45.8. The lowest BCUT2D eigenvalue weighted by Crippen LogP contribution is -2.60. The molecular weight excluding hydrogens is 931 g/mol. The van der Waals surface area contributed by atoms with Crippen LogP contribution < -0.4 is 5.32 Å². The molecule has 17 atom stereocenters. The molecule has 0 aromatic heterocycles. The number of benzene rings is 1. The van der Waals surface area contributed by atoms with Gasteiger partial charge < -0.3 is 68.3 Å². The standard InChI is InChI=1S/C54H91N3O15/c1-15-17-18-19-20-24-27-65-56-45-33(3)30-52(9,62)43(71-50-46(40(57(12)13)28-34(4)66-50)72-51(61)55-32-39-25-22-21-23-26-39)29-41(35(5)49(60)70-42(16-2)54(11,63)47(59)36(45)6)69-44-31-53(10,64-14)48(37(7)67-44)68-38(8)58/h21-23,25-26,33-37,40-44,46-48,50,59,62-63H,15-20,24,27-32H2,1-14H3,(H,55,61)/t33-,34-,35-,36+,37+,40+,41+,42-,43-,44+,46-,47-,48+,50+,52-,53-,54-/m1/s1. The molecule has 0 aliphatic carbocycles. The highest BCUT2D eigenvalue weighted by molar-refractivity contribution is 5.88. The van der Waals surface area contributed by atoms with Crippen molar-refractivity contribution >= 4 is 23.7 Å². The predicted octanol–water partition coefficient (Wildman–Crippen LogP) is 7.21. The van der Waals surface area contributed by atoms with E-state index in [1.165, 1.54) is 27.4 Å². The summed E-state index contributed by atoms with van der Waals surface area (Å²) in [5, 5.41) is 44.8. The largest absolute Gasteiger partial charge is 0.459 e. The Hall–Kier alpha value is -3.46. The van der Waals surface area contributed by atoms with Crippen molar-refractivity contribution in [2.75, 3.05) is 27.8 Å². The first kappa shape index (κ1) is 61.1. The van der Waals surface area contributed by atoms with Gasteiger partial charge in [-0.05, 0) is 93.3 Å². The minimum absolute atomic E-state index is 0.0237. The summed E-state index contributed by atoms with van der Waals surface area (Å²) in [4.78, 5) is 48.4. The molecule has 18 heteroatoms. The van der Waals surface area contributed by atoms with Crippen LogP contribution in [0.3, 0.4) is 0 Å². The Labute approximate surface area is 429 Å². The van der Waals surface area contributed by atoms with Gasteiger partial charge >= 0.3 is 18.0 Å². The molecule has 4 N–H and O–H groups in total. The number of oxime groups is 1. The van der Waals surface area contributed by atoms with Crippen LogP contribution in [0.25, 0.3) is 0 Å². The van der Waals surface area contributed by atoms with Crippen molar-refractivity contribution in [1.82, 2.24) is 10.2 Å². The Morgan fingerprint density at radius 3 is 2.18 bits per heavy atom. The first-order valence-electron chi connectivity index (χ1n) is 26.4. The molecule has 3 aliphatic heterocycles. The molecule has 1 aromatic rings. The van der Waals surface area contributed by atoms with Gasteiger partial charge in [0.2, 0.25) is 0 Å². The second kappa shape index (κ2) is 27.9. The molecular formula is C54H91N3O15. The lowest BCUT2D eigenvalue weighted by atomic mass is 9.75. The molecule has 3 fully saturated rings. The van der Waals surface area contributed by atoms with Gasteiger partial charge in [0, 0.05) is 45.3 Å². The summed E-state index contributed by atoms with van der Waals surface area (Å²) in [6.45, 7) is 19.5. The summed E-state index contributed by atoms with van der Waals surface area (Å²) < 4.78 is 50.8. The highest BCUT2D eigenvalue weighted by atomic mass is 16.7. The molecule has 18 nitrogen and oxygen atoms in total. The number of nitrogens with one attached hydrogen (secondary N) is 1. The van der Waals surface area contributed by atoms with Gasteiger partial charge in [0.05, 0.1) is 53.8 Å². The highest BCUT2D eigenvalue weighted by Gasteiger charge is 2.53. The van der Waals surface area contributed by atoms with Crippen molar-refractivity contribution in [2.45, 2.75) is 238 Å². The third kappa shape index (κ3) is 16.8. The summed E-state index contributed by atoms with van der Waals surface area (Å²) in [6, 6.07) is 9.05. The van der Waals surface area contributed by atoms with E-state index in [-0.39, 0.29) is 44.4 Å². The Kier molecular flexibility index (Phi) is 23.7. The molecule has 0 bridgehead atoms. The van der Waals surface area contributed by atoms with Gasteiger partial charge in [0.1, 0.15) is 23.9 Å². The summed E-state index contributed by atoms with van der Waals surface area (Å²) >= 11 is 0. The first-order valence-corrected chi connectivity index (χ1v) is 26.4. The average molecular weight is 1020 g/mol. The number of cyclic esters (lactones) is 1. The zero-order valence-electron chi connectivity index (χ0n) is 45.8. The van der Waals surface area contributed by atoms with E-state index < -0.39 is 108 Å². The fraction of sp³-hybridized carbons (Fsp3) is 0.815. The highest BCUT2D eigenvalue weighted by Crippen LogP contribution is 2.40. The van der Waals surface area contributed by atoms with Crippen LogP contribution in [0, 0.1) is 17.8 Å². The number of nitrogens with zero attached hydrogens (tertiary/aromatic N) is 2. The van der Waals surface area contributed by atoms with Crippen LogP contribution in [0.1, 0.15) is 152 Å². The van der Waals surface area contributed by atoms with E-state index in [4.69, 9.17) is 42.7 Å². The molecule has 0 unspecified atom stereocenters. The Morgan fingerprint density at radius 1 is 0.889 bits per heavy atom. The van der Waals surface area contributed by atoms with Crippen molar-refractivity contribution in [3.63, 3.8) is 0 Å². The number of rotatable bonds is 19. The number of alkyl carbamates (subject to hydrolysis) is 1. The van der Waals surface area contributed by atoms with Crippen molar-refractivity contribution in [1.29, 1.82) is 0 Å². The van der Waals surface area contributed by atoms with Gasteiger partial charge in [0.25, 0.3) is 0 Å². The SMILES string of the molecule is CCCCCCCCON=C1[C@H](C)C[C@@](C)(O)[C@H](O[C@@H]2O[C@H](C)C[C@H](N(C)C)[C@H]2OC(=O)NCc2ccccc2)C[C@H](O[C@H]2C[C@@](C)(OC)[C@@H](OC(C)=O)[C@H](C)O2)[C@@H](C)C(=O)O[C@H](CC)[C@@](C)(O)[C@H](O)[C@H]1C. The molecule has 1 aromatic carbocycles. The number of hydrogen-bond acceptors (Lipinski definition) is 17. The number of carbonyl (C=O) groups excluding carboxylic acids is 3. The summed E-state index contributed by atoms with van der Waals surface area (Å²) in [7, 11) is 5.27. The zero-order chi connectivity index (χ0) is 53.6. The number of unbranched alkanes of at least 4 members (excludes halogenated alkanes) is 5. The topological polar surface area (TPSA) is 223 Å². The fourth-order valence-corrected chi connectivity index (χ4v) is 10.5. The second-order valence-electron chi connectivity index (χ2n) is 21.5. The minimum atomic E-state index is -1.97. The Bertz CT molecular complexity index is 1850. The van der Waals surface area contributed by atoms with E-state index in [1.54, 1.807) is 41.5 Å². The van der Waals surface area contributed by atoms with E-state index in [9.17, 15) is 29.7 Å². The van der Waals surface area contributed by atoms with Crippen LogP contribution >= 0.6 is 0 Å². The lowest BCUT2D eigenvalue weighted by molar-refractivity contribution is -0.308. The predicted molar refractivity (Wildman–Crippen MR) is 271 cm³/mol. The Morgan fingerprint density at radius 2 is 1.56 bits per heavy atom. The maximum atomic E-state index is 14.6. The first-order chi connectivity index (χ1) is 33.9. The van der Waals surface area contributed by atoms with E-state index in [2.05, 4.69) is 17.4 Å². The van der Waals surface area contributed by atoms with Crippen LogP contribution in [0.15, 0.2) is 35.5 Å². The number of aliphatic hydroxyl groups is 3. The monoisotopic (exact) mass is 1020 g/mol. The van der Waals surface area contributed by atoms with Gasteiger partial charge in [-0.3, -0.25) is 9.59 Å². The van der Waals surface area contributed by atoms with Crippen LogP contribution in [0.4, 0.5) is 4.79 Å². The van der Waals surface area contributed by atoms with Gasteiger partial charge in [0.15, 0.2) is 24.8 Å². The second-order valence-corrected chi connectivity index (χ2v) is 21.5. The number of amides is 1. The molecule has 0 radical (unpaired) electrons. The molecule has 72 heavy (non-hydrogen) atoms. The number of likely N-dealkylation sites (N-methyl/N-ethyl adjacent to an activating group) is 1. The minimum Gasteiger partial charge on any atom is -0.459 e. The van der Waals surface area contributed by atoms with Gasteiger partial charge in [-0.2, -0.15) is 0 Å². The number of aliphatic hydroxyl groups excluding tert-OH is 1. The smallest absolute Gasteiger partial charge is 0.407 e. The number of ether oxygens (including phenoxy) is 8. The van der Waals surface area contributed by atoms with Crippen LogP contribution in [0.5, 0.6) is 0 Å². The van der Waals surface area contributed by atoms with Crippen molar-refractivity contribution in [3.05, 3.63) is 35.9 Å². The lowest BCUT2D eigenvalue weighted by Gasteiger charge is -2.48. The van der Waals surface area contributed by atoms with E-state index in [0.717, 1.165) is 37.7 Å². The third-order valence-corrected chi connectivity index (χ3v) is 15.0. The maximum absolute atomic E-state index is 14.6. The van der Waals surface area contributed by atoms with Gasteiger partial charge in [-0.15, -0.1) is 0 Å². The average Bonchev–Trinajstić information content (AvgIpc) is 3.32. The van der Waals surface area contributed by atoms with Crippen molar-refractivity contribution in [2.24, 2.45) is 22.9 Å². The van der Waals surface area contributed by atoms with Gasteiger partial charge in [-0.1, -0.05) is 88.9 Å². The third-order valence-electron chi connectivity index (χ3n) is 15.0. The number of esters is 2. The molecule has 0 saturated carbocycles. The quantitative estimate of drug-likeness (QED) is 0.0465. The van der Waals surface area contributed by atoms with Crippen LogP contribution in [-0.4, -0.2) is 156 Å². The van der Waals surface area contributed by atoms with Crippen molar-refractivity contribution in [3.8, 4) is 0 Å². The van der Waals surface area contributed by atoms with Gasteiger partial charge in [-0.25, -0.2) is 4.79 Å². The molecule has 4 rings (SSSR count). The number of carbonyl (C=O) groups is 3. The summed E-state index contributed by atoms with van der Waals surface area (Å²) in [5.74, 6) is -3.81. The van der Waals surface area contributed by atoms with E-state index >= 15 is 0 Å². The maximum Gasteiger partial charge on any atom is 0.407 e. The molecule has 3 saturated heterocycles. The molecule has 3 heterocycles. The molecule has 0 spiro atoms. The summed E-state index contributed by atoms with van der Waals surface area (Å²) in [5.41, 5.74) is -3.59. The Balaban J connectivity index is 1.84.